The first-order valence-corrected chi connectivity index (χ1v) is 5.62. The van der Waals surface area contributed by atoms with E-state index in [1.807, 2.05) is 37.3 Å². The van der Waals surface area contributed by atoms with Crippen molar-refractivity contribution in [1.82, 2.24) is 0 Å². The van der Waals surface area contributed by atoms with E-state index >= 15 is 0 Å². The van der Waals surface area contributed by atoms with E-state index in [2.05, 4.69) is 6.58 Å². The van der Waals surface area contributed by atoms with E-state index < -0.39 is 0 Å². The lowest BCUT2D eigenvalue weighted by atomic mass is 10.1. The van der Waals surface area contributed by atoms with E-state index in [0.717, 1.165) is 11.1 Å². The Morgan fingerprint density at radius 3 is 2.47 bits per heavy atom. The highest BCUT2D eigenvalue weighted by molar-refractivity contribution is 6.30. The number of hydrogen-bond acceptors (Lipinski definition) is 2. The molecule has 3 heteroatoms. The molecule has 0 spiro atoms. The van der Waals surface area contributed by atoms with E-state index in [1.165, 1.54) is 0 Å². The van der Waals surface area contributed by atoms with Crippen molar-refractivity contribution in [3.05, 3.63) is 52.6 Å². The van der Waals surface area contributed by atoms with Crippen molar-refractivity contribution in [2.45, 2.75) is 13.8 Å². The van der Waals surface area contributed by atoms with Crippen LogP contribution in [0.5, 0.6) is 0 Å². The Morgan fingerprint density at radius 1 is 1.35 bits per heavy atom. The molecule has 0 aliphatic carbocycles. The van der Waals surface area contributed by atoms with Crippen molar-refractivity contribution < 1.29 is 9.53 Å². The van der Waals surface area contributed by atoms with Gasteiger partial charge in [0, 0.05) is 10.6 Å². The maximum absolute atomic E-state index is 11.2. The van der Waals surface area contributed by atoms with E-state index in [4.69, 9.17) is 16.3 Å². The molecule has 1 aromatic carbocycles. The molecule has 0 saturated heterocycles. The van der Waals surface area contributed by atoms with Gasteiger partial charge >= 0.3 is 5.97 Å². The second kappa shape index (κ2) is 6.26. The van der Waals surface area contributed by atoms with Gasteiger partial charge in [0.05, 0.1) is 0 Å². The molecule has 0 amide bonds. The molecule has 90 valence electrons. The van der Waals surface area contributed by atoms with Crippen LogP contribution >= 0.6 is 11.6 Å². The third-order valence-electron chi connectivity index (χ3n) is 2.06. The van der Waals surface area contributed by atoms with Gasteiger partial charge in [0.2, 0.25) is 0 Å². The molecule has 0 aliphatic heterocycles. The molecule has 0 unspecified atom stereocenters. The SMILES string of the molecule is C=C(C)C(=O)OCC(C)=Cc1ccc(Cl)cc1. The van der Waals surface area contributed by atoms with Gasteiger partial charge in [-0.05, 0) is 37.1 Å². The lowest BCUT2D eigenvalue weighted by Gasteiger charge is -2.04. The molecule has 0 saturated carbocycles. The third kappa shape index (κ3) is 4.87. The maximum atomic E-state index is 11.2. The highest BCUT2D eigenvalue weighted by atomic mass is 35.5. The molecule has 1 rings (SSSR count). The summed E-state index contributed by atoms with van der Waals surface area (Å²) in [5.41, 5.74) is 2.39. The minimum absolute atomic E-state index is 0.272. The van der Waals surface area contributed by atoms with Gasteiger partial charge in [-0.15, -0.1) is 0 Å². The van der Waals surface area contributed by atoms with Crippen LogP contribution in [0.2, 0.25) is 5.02 Å². The number of benzene rings is 1. The van der Waals surface area contributed by atoms with Crippen LogP contribution < -0.4 is 0 Å². The van der Waals surface area contributed by atoms with Gasteiger partial charge in [-0.3, -0.25) is 0 Å². The molecule has 0 atom stereocenters. The number of carbonyl (C=O) groups excluding carboxylic acids is 1. The van der Waals surface area contributed by atoms with Gasteiger partial charge < -0.3 is 4.74 Å². The smallest absolute Gasteiger partial charge is 0.333 e. The van der Waals surface area contributed by atoms with Crippen LogP contribution in [-0.4, -0.2) is 12.6 Å². The largest absolute Gasteiger partial charge is 0.458 e. The zero-order valence-corrected chi connectivity index (χ0v) is 10.8. The quantitative estimate of drug-likeness (QED) is 0.599. The Morgan fingerprint density at radius 2 is 1.94 bits per heavy atom. The van der Waals surface area contributed by atoms with E-state index in [-0.39, 0.29) is 12.6 Å². The van der Waals surface area contributed by atoms with Gasteiger partial charge in [-0.25, -0.2) is 4.79 Å². The number of carbonyl (C=O) groups is 1. The molecule has 0 bridgehead atoms. The number of ether oxygens (including phenoxy) is 1. The van der Waals surface area contributed by atoms with Crippen LogP contribution in [0.15, 0.2) is 42.0 Å². The predicted octanol–water partition coefficient (Wildman–Crippen LogP) is 3.86. The Bertz CT molecular complexity index is 444. The molecular weight excluding hydrogens is 236 g/mol. The molecule has 1 aromatic rings. The van der Waals surface area contributed by atoms with Crippen LogP contribution in [0.1, 0.15) is 19.4 Å². The molecule has 0 aromatic heterocycles. The van der Waals surface area contributed by atoms with Gasteiger partial charge in [0.25, 0.3) is 0 Å². The van der Waals surface area contributed by atoms with Gasteiger partial charge in [-0.2, -0.15) is 0 Å². The molecule has 0 N–H and O–H groups in total. The molecule has 0 fully saturated rings. The first-order valence-electron chi connectivity index (χ1n) is 5.24. The third-order valence-corrected chi connectivity index (χ3v) is 2.31. The number of hydrogen-bond donors (Lipinski definition) is 0. The van der Waals surface area contributed by atoms with Crippen LogP contribution in [0.4, 0.5) is 0 Å². The first-order chi connectivity index (χ1) is 7.99. The van der Waals surface area contributed by atoms with Crippen molar-refractivity contribution in [1.29, 1.82) is 0 Å². The summed E-state index contributed by atoms with van der Waals surface area (Å²) in [5, 5.41) is 0.702. The number of halogens is 1. The summed E-state index contributed by atoms with van der Waals surface area (Å²) in [4.78, 5) is 11.2. The fourth-order valence-corrected chi connectivity index (χ4v) is 1.31. The standard InChI is InChI=1S/C14H15ClO2/c1-10(2)14(16)17-9-11(3)8-12-4-6-13(15)7-5-12/h4-8H,1,9H2,2-3H3. The molecule has 2 nitrogen and oxygen atoms in total. The maximum Gasteiger partial charge on any atom is 0.333 e. The second-order valence-electron chi connectivity index (χ2n) is 3.90. The van der Waals surface area contributed by atoms with Crippen LogP contribution in [0.3, 0.4) is 0 Å². The lowest BCUT2D eigenvalue weighted by molar-refractivity contribution is -0.137. The summed E-state index contributed by atoms with van der Waals surface area (Å²) in [6.45, 7) is 7.32. The Kier molecular flexibility index (Phi) is 4.98. The summed E-state index contributed by atoms with van der Waals surface area (Å²) < 4.78 is 5.03. The fourth-order valence-electron chi connectivity index (χ4n) is 1.19. The Labute approximate surface area is 107 Å². The summed E-state index contributed by atoms with van der Waals surface area (Å²) in [6.07, 6.45) is 1.95. The topological polar surface area (TPSA) is 26.3 Å². The highest BCUT2D eigenvalue weighted by Crippen LogP contribution is 2.12. The Hall–Kier alpha value is -1.54. The minimum Gasteiger partial charge on any atom is -0.458 e. The van der Waals surface area contributed by atoms with Crippen molar-refractivity contribution in [2.75, 3.05) is 6.61 Å². The average Bonchev–Trinajstić information content (AvgIpc) is 2.29. The molecular formula is C14H15ClO2. The van der Waals surface area contributed by atoms with Crippen molar-refractivity contribution >= 4 is 23.6 Å². The Balaban J connectivity index is 2.58. The molecule has 0 radical (unpaired) electrons. The number of rotatable bonds is 4. The van der Waals surface area contributed by atoms with Gasteiger partial charge in [0.15, 0.2) is 0 Å². The summed E-state index contributed by atoms with van der Waals surface area (Å²) in [7, 11) is 0. The molecule has 0 heterocycles. The normalized spacial score (nSPS) is 11.1. The van der Waals surface area contributed by atoms with Crippen LogP contribution in [0.25, 0.3) is 6.08 Å². The van der Waals surface area contributed by atoms with Gasteiger partial charge in [0.1, 0.15) is 6.61 Å². The van der Waals surface area contributed by atoms with E-state index in [1.54, 1.807) is 6.92 Å². The number of esters is 1. The fraction of sp³-hybridized carbons (Fsp3) is 0.214. The second-order valence-corrected chi connectivity index (χ2v) is 4.34. The first kappa shape index (κ1) is 13.5. The van der Waals surface area contributed by atoms with Crippen LogP contribution in [0, 0.1) is 0 Å². The lowest BCUT2D eigenvalue weighted by Crippen LogP contribution is -2.06. The average molecular weight is 251 g/mol. The monoisotopic (exact) mass is 250 g/mol. The van der Waals surface area contributed by atoms with Crippen LogP contribution in [-0.2, 0) is 9.53 Å². The summed E-state index contributed by atoms with van der Waals surface area (Å²) >= 11 is 5.79. The van der Waals surface area contributed by atoms with E-state index in [0.29, 0.717) is 10.6 Å². The van der Waals surface area contributed by atoms with Gasteiger partial charge in [-0.1, -0.05) is 36.4 Å². The zero-order valence-electron chi connectivity index (χ0n) is 10.00. The molecule has 17 heavy (non-hydrogen) atoms. The molecule has 0 aliphatic rings. The van der Waals surface area contributed by atoms with Crippen molar-refractivity contribution in [3.8, 4) is 0 Å². The zero-order chi connectivity index (χ0) is 12.8. The summed E-state index contributed by atoms with van der Waals surface area (Å²) in [5.74, 6) is -0.367. The summed E-state index contributed by atoms with van der Waals surface area (Å²) in [6, 6.07) is 7.46. The minimum atomic E-state index is -0.367. The van der Waals surface area contributed by atoms with E-state index in [9.17, 15) is 4.79 Å². The highest BCUT2D eigenvalue weighted by Gasteiger charge is 2.02. The van der Waals surface area contributed by atoms with Crippen molar-refractivity contribution in [2.24, 2.45) is 0 Å². The van der Waals surface area contributed by atoms with Crippen molar-refractivity contribution in [3.63, 3.8) is 0 Å². The predicted molar refractivity (Wildman–Crippen MR) is 70.9 cm³/mol.